The number of nitrogens with one attached hydrogen (secondary N) is 1. The molecule has 0 radical (unpaired) electrons. The smallest absolute Gasteiger partial charge is 0.291 e. The number of ether oxygens (including phenoxy) is 2. The van der Waals surface area contributed by atoms with Gasteiger partial charge in [-0.25, -0.2) is 0 Å². The molecule has 1 amide bonds. The molecule has 2 heterocycles. The highest BCUT2D eigenvalue weighted by molar-refractivity contribution is 6.44. The Morgan fingerprint density at radius 3 is 2.48 bits per heavy atom. The number of amides is 1. The molecule has 33 heavy (non-hydrogen) atoms. The van der Waals surface area contributed by atoms with E-state index in [1.807, 2.05) is 0 Å². The molecule has 8 nitrogen and oxygen atoms in total. The summed E-state index contributed by atoms with van der Waals surface area (Å²) >= 11 is 0. The predicted molar refractivity (Wildman–Crippen MR) is 120 cm³/mol. The number of benzene rings is 2. The summed E-state index contributed by atoms with van der Waals surface area (Å²) in [6.07, 6.45) is 0. The monoisotopic (exact) mass is 453 g/mol. The molecule has 2 fully saturated rings. The number of carbonyl (C=O) groups excluding carboxylic acids is 3. The van der Waals surface area contributed by atoms with Crippen molar-refractivity contribution in [1.29, 1.82) is 0 Å². The average molecular weight is 454 g/mol. The maximum Gasteiger partial charge on any atom is 0.291 e. The second kappa shape index (κ2) is 9.72. The quantitative estimate of drug-likeness (QED) is 0.362. The highest BCUT2D eigenvalue weighted by Gasteiger charge is 2.52. The number of aromatic hydroxyl groups is 1. The van der Waals surface area contributed by atoms with Crippen LogP contribution in [0.25, 0.3) is 0 Å². The Morgan fingerprint density at radius 1 is 1.15 bits per heavy atom. The van der Waals surface area contributed by atoms with Gasteiger partial charge in [0.05, 0.1) is 39.5 Å². The van der Waals surface area contributed by atoms with Crippen LogP contribution < -0.4 is 9.64 Å². The van der Waals surface area contributed by atoms with Crippen LogP contribution in [0.1, 0.15) is 27.5 Å². The predicted octanol–water partition coefficient (Wildman–Crippen LogP) is 0.576. The van der Waals surface area contributed by atoms with E-state index >= 15 is 0 Å². The van der Waals surface area contributed by atoms with Crippen molar-refractivity contribution in [2.75, 3.05) is 46.5 Å². The van der Waals surface area contributed by atoms with Crippen molar-refractivity contribution in [2.24, 2.45) is 5.92 Å². The first-order valence-electron chi connectivity index (χ1n) is 11.1. The number of ketones is 2. The van der Waals surface area contributed by atoms with Crippen molar-refractivity contribution in [3.63, 3.8) is 0 Å². The molecular formula is C25H29N2O6+. The van der Waals surface area contributed by atoms with Crippen LogP contribution in [0, 0.1) is 12.8 Å². The van der Waals surface area contributed by atoms with Gasteiger partial charge >= 0.3 is 0 Å². The third-order valence-electron chi connectivity index (χ3n) is 6.53. The first-order chi connectivity index (χ1) is 15.9. The van der Waals surface area contributed by atoms with Crippen LogP contribution in [0.4, 0.5) is 0 Å². The van der Waals surface area contributed by atoms with E-state index in [0.29, 0.717) is 48.7 Å². The minimum absolute atomic E-state index is 0.0765. The Labute approximate surface area is 192 Å². The van der Waals surface area contributed by atoms with Crippen molar-refractivity contribution in [1.82, 2.24) is 4.90 Å². The van der Waals surface area contributed by atoms with Crippen LogP contribution in [-0.2, 0) is 14.3 Å². The zero-order valence-corrected chi connectivity index (χ0v) is 18.9. The van der Waals surface area contributed by atoms with Crippen molar-refractivity contribution in [3.8, 4) is 11.5 Å². The molecule has 4 rings (SSSR count). The SMILES string of the molecule is COc1ccc(C(=O)C2C(=O)C(=O)N(CC[NH+]3CCOCC3)C2c2ccc(O)cc2)c(C)c1. The van der Waals surface area contributed by atoms with Crippen molar-refractivity contribution >= 4 is 17.5 Å². The summed E-state index contributed by atoms with van der Waals surface area (Å²) in [5, 5.41) is 9.74. The lowest BCUT2D eigenvalue weighted by atomic mass is 9.85. The van der Waals surface area contributed by atoms with Crippen molar-refractivity contribution in [2.45, 2.75) is 13.0 Å². The molecule has 2 atom stereocenters. The van der Waals surface area contributed by atoms with E-state index in [1.165, 1.54) is 21.9 Å². The van der Waals surface area contributed by atoms with Gasteiger partial charge in [0, 0.05) is 5.56 Å². The molecule has 0 aliphatic carbocycles. The molecule has 0 aromatic heterocycles. The number of nitrogens with zero attached hydrogens (tertiary/aromatic N) is 1. The van der Waals surface area contributed by atoms with Gasteiger partial charge in [-0.15, -0.1) is 0 Å². The van der Waals surface area contributed by atoms with E-state index in [1.54, 1.807) is 44.4 Å². The summed E-state index contributed by atoms with van der Waals surface area (Å²) in [5.74, 6) is -2.16. The fraction of sp³-hybridized carbons (Fsp3) is 0.400. The molecule has 0 bridgehead atoms. The summed E-state index contributed by atoms with van der Waals surface area (Å²) in [7, 11) is 1.55. The topological polar surface area (TPSA) is 97.6 Å². The molecule has 2 unspecified atom stereocenters. The molecule has 2 aromatic rings. The van der Waals surface area contributed by atoms with Crippen LogP contribution in [0.5, 0.6) is 11.5 Å². The summed E-state index contributed by atoms with van der Waals surface area (Å²) in [5.41, 5.74) is 1.72. The number of morpholine rings is 1. The number of hydrogen-bond donors (Lipinski definition) is 2. The molecule has 2 aliphatic rings. The Morgan fingerprint density at radius 2 is 1.85 bits per heavy atom. The maximum atomic E-state index is 13.6. The normalized spacial score (nSPS) is 21.5. The number of likely N-dealkylation sites (tertiary alicyclic amines) is 1. The van der Waals surface area contributed by atoms with Crippen LogP contribution in [-0.4, -0.2) is 74.0 Å². The molecule has 0 spiro atoms. The Bertz CT molecular complexity index is 1050. The minimum atomic E-state index is -1.14. The first kappa shape index (κ1) is 22.9. The fourth-order valence-corrected chi connectivity index (χ4v) is 4.67. The standard InChI is InChI=1S/C25H28N2O6/c1-16-15-19(32-2)7-8-20(16)23(29)21-22(17-3-5-18(28)6-4-17)27(25(31)24(21)30)10-9-26-11-13-33-14-12-26/h3-8,15,21-22,28H,9-14H2,1-2H3/p+1. The van der Waals surface area contributed by atoms with Crippen LogP contribution in [0.3, 0.4) is 0 Å². The highest BCUT2D eigenvalue weighted by Crippen LogP contribution is 2.39. The number of methoxy groups -OCH3 is 1. The summed E-state index contributed by atoms with van der Waals surface area (Å²) in [6.45, 7) is 5.83. The van der Waals surface area contributed by atoms with Gasteiger partial charge in [-0.2, -0.15) is 0 Å². The second-order valence-corrected chi connectivity index (χ2v) is 8.53. The van der Waals surface area contributed by atoms with E-state index in [0.717, 1.165) is 13.1 Å². The van der Waals surface area contributed by atoms with Gasteiger partial charge in [-0.1, -0.05) is 12.1 Å². The van der Waals surface area contributed by atoms with Gasteiger partial charge in [-0.3, -0.25) is 14.4 Å². The lowest BCUT2D eigenvalue weighted by Crippen LogP contribution is -3.14. The summed E-state index contributed by atoms with van der Waals surface area (Å²) in [4.78, 5) is 42.7. The van der Waals surface area contributed by atoms with Crippen molar-refractivity contribution in [3.05, 3.63) is 59.2 Å². The maximum absolute atomic E-state index is 13.6. The van der Waals surface area contributed by atoms with Gasteiger partial charge in [0.2, 0.25) is 5.78 Å². The lowest BCUT2D eigenvalue weighted by molar-refractivity contribution is -0.907. The van der Waals surface area contributed by atoms with Gasteiger partial charge in [-0.05, 0) is 48.4 Å². The van der Waals surface area contributed by atoms with Crippen LogP contribution in [0.15, 0.2) is 42.5 Å². The molecule has 2 N–H and O–H groups in total. The number of rotatable bonds is 7. The number of carbonyl (C=O) groups is 3. The Kier molecular flexibility index (Phi) is 6.76. The molecule has 0 saturated carbocycles. The van der Waals surface area contributed by atoms with E-state index in [4.69, 9.17) is 9.47 Å². The van der Waals surface area contributed by atoms with Crippen LogP contribution >= 0.6 is 0 Å². The molecule has 174 valence electrons. The Hall–Kier alpha value is -3.23. The van der Waals surface area contributed by atoms with E-state index in [2.05, 4.69) is 0 Å². The number of aryl methyl sites for hydroxylation is 1. The molecule has 2 saturated heterocycles. The molecule has 2 aliphatic heterocycles. The van der Waals surface area contributed by atoms with E-state index in [-0.39, 0.29) is 11.5 Å². The third-order valence-corrected chi connectivity index (χ3v) is 6.53. The Balaban J connectivity index is 1.67. The third kappa shape index (κ3) is 4.62. The zero-order valence-electron chi connectivity index (χ0n) is 18.9. The number of phenols is 1. The largest absolute Gasteiger partial charge is 0.508 e. The summed E-state index contributed by atoms with van der Waals surface area (Å²) in [6, 6.07) is 10.7. The van der Waals surface area contributed by atoms with Gasteiger partial charge in [0.15, 0.2) is 5.78 Å². The minimum Gasteiger partial charge on any atom is -0.508 e. The van der Waals surface area contributed by atoms with Gasteiger partial charge < -0.3 is 24.4 Å². The van der Waals surface area contributed by atoms with Crippen LogP contribution in [0.2, 0.25) is 0 Å². The summed E-state index contributed by atoms with van der Waals surface area (Å²) < 4.78 is 10.6. The molecule has 2 aromatic carbocycles. The van der Waals surface area contributed by atoms with Gasteiger partial charge in [0.1, 0.15) is 30.5 Å². The zero-order chi connectivity index (χ0) is 23.5. The fourth-order valence-electron chi connectivity index (χ4n) is 4.67. The van der Waals surface area contributed by atoms with E-state index in [9.17, 15) is 19.5 Å². The second-order valence-electron chi connectivity index (χ2n) is 8.53. The number of Topliss-reactive ketones (excluding diaryl/α,β-unsaturated/α-hetero) is 2. The number of quaternary nitrogens is 1. The number of hydrogen-bond acceptors (Lipinski definition) is 6. The van der Waals surface area contributed by atoms with Gasteiger partial charge in [0.25, 0.3) is 5.91 Å². The van der Waals surface area contributed by atoms with Crippen molar-refractivity contribution < 1.29 is 33.9 Å². The lowest BCUT2D eigenvalue weighted by Gasteiger charge is -2.30. The molecular weight excluding hydrogens is 424 g/mol. The van der Waals surface area contributed by atoms with E-state index < -0.39 is 23.7 Å². The number of phenolic OH excluding ortho intramolecular Hbond substituents is 1. The first-order valence-corrected chi connectivity index (χ1v) is 11.1. The average Bonchev–Trinajstić information content (AvgIpc) is 3.08. The highest BCUT2D eigenvalue weighted by atomic mass is 16.5. The molecule has 8 heteroatoms.